The zero-order valence-electron chi connectivity index (χ0n) is 11.3. The van der Waals surface area contributed by atoms with E-state index < -0.39 is 0 Å². The van der Waals surface area contributed by atoms with Crippen LogP contribution in [0.3, 0.4) is 0 Å². The normalized spacial score (nSPS) is 12.3. The summed E-state index contributed by atoms with van der Waals surface area (Å²) in [6.45, 7) is 8.50. The van der Waals surface area contributed by atoms with Crippen LogP contribution in [0.1, 0.15) is 40.5 Å². The molecule has 0 bridgehead atoms. The van der Waals surface area contributed by atoms with Gasteiger partial charge in [-0.25, -0.2) is 0 Å². The second-order valence-electron chi connectivity index (χ2n) is 4.47. The molecule has 0 aromatic rings. The number of nitrogens with one attached hydrogen (secondary N) is 3. The predicted octanol–water partition coefficient (Wildman–Crippen LogP) is 0.405. The van der Waals surface area contributed by atoms with Gasteiger partial charge in [0.15, 0.2) is 0 Å². The highest BCUT2D eigenvalue weighted by Gasteiger charge is 2.13. The summed E-state index contributed by atoms with van der Waals surface area (Å²) in [5, 5.41) is 8.46. The van der Waals surface area contributed by atoms with E-state index in [-0.39, 0.29) is 30.4 Å². The number of unbranched alkanes of at least 4 members (excludes halogenated alkanes) is 1. The van der Waals surface area contributed by atoms with Crippen LogP contribution >= 0.6 is 0 Å². The molecule has 100 valence electrons. The van der Waals surface area contributed by atoms with E-state index in [0.717, 1.165) is 12.8 Å². The highest BCUT2D eigenvalue weighted by Crippen LogP contribution is 1.86. The molecule has 17 heavy (non-hydrogen) atoms. The van der Waals surface area contributed by atoms with Gasteiger partial charge in [-0.1, -0.05) is 13.3 Å². The standard InChI is InChI=1S/C12H25N3O2/c1-5-6-7-13-11(16)8-14-10(4)12(17)15-9(2)3/h9-10,14H,5-8H2,1-4H3,(H,13,16)(H,15,17). The smallest absolute Gasteiger partial charge is 0.237 e. The number of rotatable bonds is 8. The van der Waals surface area contributed by atoms with Gasteiger partial charge in [0.2, 0.25) is 11.8 Å². The van der Waals surface area contributed by atoms with Gasteiger partial charge in [0.1, 0.15) is 0 Å². The molecule has 0 saturated heterocycles. The van der Waals surface area contributed by atoms with E-state index in [1.807, 2.05) is 13.8 Å². The quantitative estimate of drug-likeness (QED) is 0.541. The molecule has 0 aliphatic heterocycles. The Bertz CT molecular complexity index is 242. The minimum Gasteiger partial charge on any atom is -0.355 e. The summed E-state index contributed by atoms with van der Waals surface area (Å²) < 4.78 is 0. The van der Waals surface area contributed by atoms with Crippen molar-refractivity contribution in [2.24, 2.45) is 0 Å². The fraction of sp³-hybridized carbons (Fsp3) is 0.833. The average molecular weight is 243 g/mol. The molecule has 1 atom stereocenters. The van der Waals surface area contributed by atoms with Crippen molar-refractivity contribution in [3.05, 3.63) is 0 Å². The van der Waals surface area contributed by atoms with Crippen molar-refractivity contribution in [3.63, 3.8) is 0 Å². The number of carbonyl (C=O) groups is 2. The molecule has 5 nitrogen and oxygen atoms in total. The van der Waals surface area contributed by atoms with Crippen molar-refractivity contribution in [3.8, 4) is 0 Å². The molecular weight excluding hydrogens is 218 g/mol. The Hall–Kier alpha value is -1.10. The Morgan fingerprint density at radius 3 is 2.35 bits per heavy atom. The molecule has 0 aliphatic carbocycles. The summed E-state index contributed by atoms with van der Waals surface area (Å²) in [6, 6.07) is -0.237. The van der Waals surface area contributed by atoms with E-state index in [1.54, 1.807) is 6.92 Å². The molecular formula is C12H25N3O2. The van der Waals surface area contributed by atoms with Gasteiger partial charge >= 0.3 is 0 Å². The summed E-state index contributed by atoms with van der Waals surface area (Å²) in [4.78, 5) is 22.9. The lowest BCUT2D eigenvalue weighted by Gasteiger charge is -2.15. The van der Waals surface area contributed by atoms with Gasteiger partial charge in [0, 0.05) is 12.6 Å². The Labute approximate surface area is 104 Å². The lowest BCUT2D eigenvalue weighted by molar-refractivity contribution is -0.123. The minimum absolute atomic E-state index is 0.0670. The molecule has 0 radical (unpaired) electrons. The van der Waals surface area contributed by atoms with E-state index in [2.05, 4.69) is 22.9 Å². The van der Waals surface area contributed by atoms with Crippen LogP contribution in [0.4, 0.5) is 0 Å². The molecule has 0 aromatic carbocycles. The van der Waals surface area contributed by atoms with Crippen LogP contribution in [-0.2, 0) is 9.59 Å². The second kappa shape index (κ2) is 8.98. The van der Waals surface area contributed by atoms with Crippen molar-refractivity contribution in [2.45, 2.75) is 52.6 Å². The summed E-state index contributed by atoms with van der Waals surface area (Å²) in [6.07, 6.45) is 2.04. The van der Waals surface area contributed by atoms with Crippen LogP contribution in [-0.4, -0.2) is 37.0 Å². The molecule has 0 fully saturated rings. The Morgan fingerprint density at radius 2 is 1.82 bits per heavy atom. The van der Waals surface area contributed by atoms with Crippen molar-refractivity contribution < 1.29 is 9.59 Å². The SMILES string of the molecule is CCCCNC(=O)CNC(C)C(=O)NC(C)C. The first-order valence-electron chi connectivity index (χ1n) is 6.27. The topological polar surface area (TPSA) is 70.2 Å². The van der Waals surface area contributed by atoms with E-state index in [1.165, 1.54) is 0 Å². The third-order valence-electron chi connectivity index (χ3n) is 2.25. The molecule has 0 aliphatic rings. The summed E-state index contributed by atoms with van der Waals surface area (Å²) >= 11 is 0. The third kappa shape index (κ3) is 8.68. The Balaban J connectivity index is 3.71. The van der Waals surface area contributed by atoms with Crippen LogP contribution in [0.5, 0.6) is 0 Å². The highest BCUT2D eigenvalue weighted by molar-refractivity contribution is 5.83. The first-order chi connectivity index (χ1) is 7.97. The van der Waals surface area contributed by atoms with E-state index >= 15 is 0 Å². The lowest BCUT2D eigenvalue weighted by Crippen LogP contribution is -2.47. The molecule has 1 unspecified atom stereocenters. The Morgan fingerprint density at radius 1 is 1.18 bits per heavy atom. The zero-order chi connectivity index (χ0) is 13.3. The van der Waals surface area contributed by atoms with Gasteiger partial charge in [0.05, 0.1) is 12.6 Å². The molecule has 5 heteroatoms. The fourth-order valence-electron chi connectivity index (χ4n) is 1.22. The van der Waals surface area contributed by atoms with Gasteiger partial charge in [-0.05, 0) is 27.2 Å². The number of amides is 2. The van der Waals surface area contributed by atoms with Gasteiger partial charge < -0.3 is 10.6 Å². The number of carbonyl (C=O) groups excluding carboxylic acids is 2. The summed E-state index contributed by atoms with van der Waals surface area (Å²) in [5.41, 5.74) is 0. The fourth-order valence-corrected chi connectivity index (χ4v) is 1.22. The molecule has 0 heterocycles. The highest BCUT2D eigenvalue weighted by atomic mass is 16.2. The van der Waals surface area contributed by atoms with Crippen LogP contribution in [0, 0.1) is 0 Å². The first-order valence-corrected chi connectivity index (χ1v) is 6.27. The van der Waals surface area contributed by atoms with Crippen LogP contribution in [0.25, 0.3) is 0 Å². The summed E-state index contributed by atoms with van der Waals surface area (Å²) in [7, 11) is 0. The van der Waals surface area contributed by atoms with Crippen LogP contribution < -0.4 is 16.0 Å². The van der Waals surface area contributed by atoms with Crippen LogP contribution in [0.2, 0.25) is 0 Å². The van der Waals surface area contributed by atoms with Crippen LogP contribution in [0.15, 0.2) is 0 Å². The molecule has 3 N–H and O–H groups in total. The van der Waals surface area contributed by atoms with Crippen molar-refractivity contribution >= 4 is 11.8 Å². The van der Waals surface area contributed by atoms with Crippen molar-refractivity contribution in [1.29, 1.82) is 0 Å². The molecule has 2 amide bonds. The van der Waals surface area contributed by atoms with E-state index in [4.69, 9.17) is 0 Å². The molecule has 0 aromatic heterocycles. The van der Waals surface area contributed by atoms with Gasteiger partial charge in [0.25, 0.3) is 0 Å². The minimum atomic E-state index is -0.352. The lowest BCUT2D eigenvalue weighted by atomic mass is 10.3. The molecule has 0 saturated carbocycles. The predicted molar refractivity (Wildman–Crippen MR) is 68.7 cm³/mol. The van der Waals surface area contributed by atoms with Gasteiger partial charge in [-0.3, -0.25) is 14.9 Å². The Kier molecular flexibility index (Phi) is 8.40. The van der Waals surface area contributed by atoms with E-state index in [0.29, 0.717) is 6.54 Å². The van der Waals surface area contributed by atoms with E-state index in [9.17, 15) is 9.59 Å². The largest absolute Gasteiger partial charge is 0.355 e. The maximum absolute atomic E-state index is 11.5. The maximum atomic E-state index is 11.5. The van der Waals surface area contributed by atoms with Crippen molar-refractivity contribution in [1.82, 2.24) is 16.0 Å². The molecule has 0 spiro atoms. The van der Waals surface area contributed by atoms with Crippen molar-refractivity contribution in [2.75, 3.05) is 13.1 Å². The monoisotopic (exact) mass is 243 g/mol. The average Bonchev–Trinajstić information content (AvgIpc) is 2.25. The van der Waals surface area contributed by atoms with Gasteiger partial charge in [-0.15, -0.1) is 0 Å². The summed E-state index contributed by atoms with van der Waals surface area (Å²) in [5.74, 6) is -0.149. The first kappa shape index (κ1) is 15.9. The molecule has 0 rings (SSSR count). The second-order valence-corrected chi connectivity index (χ2v) is 4.47. The number of hydrogen-bond donors (Lipinski definition) is 3. The third-order valence-corrected chi connectivity index (χ3v) is 2.25. The maximum Gasteiger partial charge on any atom is 0.237 e. The zero-order valence-corrected chi connectivity index (χ0v) is 11.3. The van der Waals surface area contributed by atoms with Gasteiger partial charge in [-0.2, -0.15) is 0 Å². The number of hydrogen-bond acceptors (Lipinski definition) is 3.